The number of carbonyl (C=O) groups is 2. The van der Waals surface area contributed by atoms with Crippen LogP contribution in [-0.4, -0.2) is 24.3 Å². The van der Waals surface area contributed by atoms with Crippen LogP contribution >= 0.6 is 0 Å². The molecule has 1 aliphatic rings. The van der Waals surface area contributed by atoms with Gasteiger partial charge in [-0.25, -0.2) is 9.79 Å². The van der Waals surface area contributed by atoms with Crippen molar-refractivity contribution in [2.24, 2.45) is 10.9 Å². The van der Waals surface area contributed by atoms with Gasteiger partial charge < -0.3 is 14.5 Å². The van der Waals surface area contributed by atoms with Crippen LogP contribution in [0.4, 0.5) is 4.79 Å². The molecule has 2 rings (SSSR count). The maximum atomic E-state index is 12.4. The number of ether oxygens (including phenoxy) is 1. The molecule has 0 aromatic carbocycles. The van der Waals surface area contributed by atoms with Gasteiger partial charge in [-0.3, -0.25) is 4.79 Å². The zero-order valence-corrected chi connectivity index (χ0v) is 13.2. The van der Waals surface area contributed by atoms with Gasteiger partial charge >= 0.3 is 12.0 Å². The Kier molecular flexibility index (Phi) is 5.35. The van der Waals surface area contributed by atoms with Gasteiger partial charge in [0.25, 0.3) is 0 Å². The third-order valence-corrected chi connectivity index (χ3v) is 3.60. The van der Waals surface area contributed by atoms with Crippen LogP contribution in [0.5, 0.6) is 0 Å². The summed E-state index contributed by atoms with van der Waals surface area (Å²) in [4.78, 5) is 28.2. The zero-order chi connectivity index (χ0) is 16.1. The second-order valence-corrected chi connectivity index (χ2v) is 5.17. The molecule has 1 aliphatic heterocycles. The van der Waals surface area contributed by atoms with Crippen LogP contribution in [0.25, 0.3) is 0 Å². The minimum atomic E-state index is -0.631. The van der Waals surface area contributed by atoms with E-state index in [0.717, 1.165) is 18.6 Å². The maximum Gasteiger partial charge on any atom is 0.341 e. The summed E-state index contributed by atoms with van der Waals surface area (Å²) < 4.78 is 10.9. The summed E-state index contributed by atoms with van der Waals surface area (Å²) in [7, 11) is 0. The number of nitrogens with zero attached hydrogens (tertiary/aromatic N) is 1. The second-order valence-electron chi connectivity index (χ2n) is 5.17. The van der Waals surface area contributed by atoms with Crippen molar-refractivity contribution in [3.8, 4) is 0 Å². The molecule has 0 bridgehead atoms. The minimum absolute atomic E-state index is 0.285. The number of amides is 2. The van der Waals surface area contributed by atoms with E-state index in [2.05, 4.69) is 10.3 Å². The summed E-state index contributed by atoms with van der Waals surface area (Å²) in [6.07, 6.45) is 2.13. The highest BCUT2D eigenvalue weighted by Crippen LogP contribution is 2.30. The number of nitrogens with one attached hydrogen (secondary N) is 1. The molecule has 0 spiro atoms. The molecule has 6 nitrogen and oxygen atoms in total. The second kappa shape index (κ2) is 7.24. The van der Waals surface area contributed by atoms with E-state index < -0.39 is 18.0 Å². The van der Waals surface area contributed by atoms with E-state index >= 15 is 0 Å². The molecule has 0 saturated heterocycles. The highest BCUT2D eigenvalue weighted by Gasteiger charge is 2.40. The number of rotatable bonds is 6. The average Bonchev–Trinajstić information content (AvgIpc) is 2.96. The van der Waals surface area contributed by atoms with Crippen LogP contribution in [0.1, 0.15) is 51.2 Å². The molecule has 1 aromatic rings. The van der Waals surface area contributed by atoms with E-state index in [-0.39, 0.29) is 12.6 Å². The van der Waals surface area contributed by atoms with E-state index in [1.807, 2.05) is 19.9 Å². The van der Waals surface area contributed by atoms with Crippen LogP contribution in [0, 0.1) is 5.92 Å². The van der Waals surface area contributed by atoms with Gasteiger partial charge in [-0.1, -0.05) is 20.3 Å². The molecule has 2 amide bonds. The Labute approximate surface area is 129 Å². The first-order chi connectivity index (χ1) is 10.6. The molecule has 2 unspecified atom stereocenters. The van der Waals surface area contributed by atoms with Crippen LogP contribution in [-0.2, 0) is 16.0 Å². The molecule has 2 atom stereocenters. The quantitative estimate of drug-likeness (QED) is 0.819. The highest BCUT2D eigenvalue weighted by molar-refractivity contribution is 6.09. The van der Waals surface area contributed by atoms with Crippen LogP contribution in [0.3, 0.4) is 0 Å². The van der Waals surface area contributed by atoms with Crippen molar-refractivity contribution in [1.82, 2.24) is 5.32 Å². The maximum absolute atomic E-state index is 12.4. The average molecular weight is 306 g/mol. The highest BCUT2D eigenvalue weighted by atomic mass is 16.5. The van der Waals surface area contributed by atoms with Crippen molar-refractivity contribution >= 4 is 17.7 Å². The third-order valence-electron chi connectivity index (χ3n) is 3.60. The fraction of sp³-hybridized carbons (Fsp3) is 0.562. The number of aryl methyl sites for hydroxylation is 1. The summed E-state index contributed by atoms with van der Waals surface area (Å²) >= 11 is 0. The molecule has 6 heteroatoms. The Morgan fingerprint density at radius 2 is 2.14 bits per heavy atom. The SMILES string of the molecule is CCCC1=NC(=O)NC(c2ccc(CC)o2)C1C(=O)OCC. The van der Waals surface area contributed by atoms with Gasteiger partial charge in [0, 0.05) is 12.1 Å². The van der Waals surface area contributed by atoms with Crippen molar-refractivity contribution in [3.63, 3.8) is 0 Å². The Balaban J connectivity index is 2.37. The van der Waals surface area contributed by atoms with Crippen LogP contribution < -0.4 is 5.32 Å². The number of urea groups is 1. The summed E-state index contributed by atoms with van der Waals surface area (Å²) in [6, 6.07) is 2.65. The fourth-order valence-corrected chi connectivity index (χ4v) is 2.60. The van der Waals surface area contributed by atoms with Crippen molar-refractivity contribution in [3.05, 3.63) is 23.7 Å². The van der Waals surface area contributed by atoms with Gasteiger partial charge in [-0.05, 0) is 25.5 Å². The number of carbonyl (C=O) groups excluding carboxylic acids is 2. The summed E-state index contributed by atoms with van der Waals surface area (Å²) in [5, 5.41) is 2.73. The molecule has 22 heavy (non-hydrogen) atoms. The first-order valence-corrected chi connectivity index (χ1v) is 7.73. The first kappa shape index (κ1) is 16.3. The van der Waals surface area contributed by atoms with E-state index in [4.69, 9.17) is 9.15 Å². The lowest BCUT2D eigenvalue weighted by Crippen LogP contribution is -2.45. The number of furan rings is 1. The Hall–Kier alpha value is -2.11. The van der Waals surface area contributed by atoms with Crippen LogP contribution in [0.2, 0.25) is 0 Å². The summed E-state index contributed by atoms with van der Waals surface area (Å²) in [5.74, 6) is 0.362. The number of hydrogen-bond acceptors (Lipinski definition) is 4. The van der Waals surface area contributed by atoms with E-state index in [0.29, 0.717) is 17.9 Å². The van der Waals surface area contributed by atoms with Gasteiger partial charge in [0.15, 0.2) is 0 Å². The topological polar surface area (TPSA) is 80.9 Å². The minimum Gasteiger partial charge on any atom is -0.465 e. The van der Waals surface area contributed by atoms with Crippen molar-refractivity contribution in [2.75, 3.05) is 6.61 Å². The molecule has 120 valence electrons. The van der Waals surface area contributed by atoms with E-state index in [9.17, 15) is 9.59 Å². The Morgan fingerprint density at radius 1 is 1.36 bits per heavy atom. The Morgan fingerprint density at radius 3 is 2.73 bits per heavy atom. The fourth-order valence-electron chi connectivity index (χ4n) is 2.60. The summed E-state index contributed by atoms with van der Waals surface area (Å²) in [5.41, 5.74) is 0.559. The molecule has 1 aromatic heterocycles. The third kappa shape index (κ3) is 3.37. The molecular formula is C16H22N2O4. The standard InChI is InChI=1S/C16H22N2O4/c1-4-7-11-13(15(19)21-6-3)14(18-16(20)17-11)12-9-8-10(5-2)22-12/h8-9,13-14H,4-7H2,1-3H3,(H,18,20). The number of esters is 1. The number of aliphatic imine (C=N–C) groups is 1. The molecule has 1 N–H and O–H groups in total. The van der Waals surface area contributed by atoms with Gasteiger partial charge in [0.2, 0.25) is 0 Å². The lowest BCUT2D eigenvalue weighted by Gasteiger charge is -2.29. The molecule has 2 heterocycles. The van der Waals surface area contributed by atoms with Gasteiger partial charge in [0.1, 0.15) is 23.5 Å². The molecular weight excluding hydrogens is 284 g/mol. The molecule has 0 fully saturated rings. The lowest BCUT2D eigenvalue weighted by atomic mass is 9.89. The van der Waals surface area contributed by atoms with Gasteiger partial charge in [0.05, 0.1) is 6.61 Å². The monoisotopic (exact) mass is 306 g/mol. The van der Waals surface area contributed by atoms with Gasteiger partial charge in [-0.15, -0.1) is 0 Å². The zero-order valence-electron chi connectivity index (χ0n) is 13.2. The van der Waals surface area contributed by atoms with Crippen molar-refractivity contribution < 1.29 is 18.7 Å². The van der Waals surface area contributed by atoms with E-state index in [1.54, 1.807) is 13.0 Å². The first-order valence-electron chi connectivity index (χ1n) is 7.73. The van der Waals surface area contributed by atoms with Crippen molar-refractivity contribution in [2.45, 2.75) is 46.1 Å². The number of hydrogen-bond donors (Lipinski definition) is 1. The smallest absolute Gasteiger partial charge is 0.341 e. The predicted molar refractivity (Wildman–Crippen MR) is 81.8 cm³/mol. The van der Waals surface area contributed by atoms with Crippen molar-refractivity contribution in [1.29, 1.82) is 0 Å². The molecule has 0 aliphatic carbocycles. The normalized spacial score (nSPS) is 21.2. The molecule has 0 saturated carbocycles. The van der Waals surface area contributed by atoms with Gasteiger partial charge in [-0.2, -0.15) is 0 Å². The van der Waals surface area contributed by atoms with E-state index in [1.165, 1.54) is 0 Å². The lowest BCUT2D eigenvalue weighted by molar-refractivity contribution is -0.146. The largest absolute Gasteiger partial charge is 0.465 e. The molecule has 0 radical (unpaired) electrons. The Bertz CT molecular complexity index is 576. The predicted octanol–water partition coefficient (Wildman–Crippen LogP) is 3.03. The summed E-state index contributed by atoms with van der Waals surface area (Å²) in [6.45, 7) is 6.00. The van der Waals surface area contributed by atoms with Crippen LogP contribution in [0.15, 0.2) is 21.5 Å².